The second-order valence-corrected chi connectivity index (χ2v) is 5.57. The molecule has 1 saturated carbocycles. The minimum atomic E-state index is 0.0714. The van der Waals surface area contributed by atoms with Crippen LogP contribution in [0.5, 0.6) is 0 Å². The fourth-order valence-corrected chi connectivity index (χ4v) is 1.96. The number of aromatic nitrogens is 2. The summed E-state index contributed by atoms with van der Waals surface area (Å²) in [7, 11) is 1.85. The van der Waals surface area contributed by atoms with Gasteiger partial charge in [0.2, 0.25) is 5.91 Å². The van der Waals surface area contributed by atoms with Gasteiger partial charge in [0.05, 0.1) is 0 Å². The SMILES string of the molecule is CCC(C)NC(=O)CCNc1cc(NC)nc(C2CC2)n1. The normalized spacial score (nSPS) is 15.4. The Labute approximate surface area is 126 Å². The Hall–Kier alpha value is -1.85. The largest absolute Gasteiger partial charge is 0.373 e. The van der Waals surface area contributed by atoms with E-state index in [4.69, 9.17) is 0 Å². The van der Waals surface area contributed by atoms with Crippen molar-refractivity contribution in [1.29, 1.82) is 0 Å². The third kappa shape index (κ3) is 4.88. The highest BCUT2D eigenvalue weighted by Crippen LogP contribution is 2.38. The van der Waals surface area contributed by atoms with E-state index in [-0.39, 0.29) is 11.9 Å². The average molecular weight is 291 g/mol. The summed E-state index contributed by atoms with van der Waals surface area (Å²) in [5, 5.41) is 9.22. The Morgan fingerprint density at radius 3 is 2.71 bits per heavy atom. The molecule has 0 radical (unpaired) electrons. The molecule has 6 heteroatoms. The van der Waals surface area contributed by atoms with Crippen LogP contribution >= 0.6 is 0 Å². The van der Waals surface area contributed by atoms with Crippen LogP contribution in [0.1, 0.15) is 51.3 Å². The van der Waals surface area contributed by atoms with Crippen LogP contribution in [-0.2, 0) is 4.79 Å². The highest BCUT2D eigenvalue weighted by atomic mass is 16.1. The average Bonchev–Trinajstić information content (AvgIpc) is 3.31. The lowest BCUT2D eigenvalue weighted by molar-refractivity contribution is -0.121. The van der Waals surface area contributed by atoms with Crippen LogP contribution < -0.4 is 16.0 Å². The Balaban J connectivity index is 1.85. The van der Waals surface area contributed by atoms with Crippen LogP contribution in [0.25, 0.3) is 0 Å². The van der Waals surface area contributed by atoms with Gasteiger partial charge in [-0.1, -0.05) is 6.92 Å². The Kier molecular flexibility index (Phi) is 5.36. The Bertz CT molecular complexity index is 487. The third-order valence-electron chi connectivity index (χ3n) is 3.62. The van der Waals surface area contributed by atoms with Gasteiger partial charge in [-0.15, -0.1) is 0 Å². The van der Waals surface area contributed by atoms with E-state index in [9.17, 15) is 4.79 Å². The lowest BCUT2D eigenvalue weighted by Gasteiger charge is -2.12. The predicted octanol–water partition coefficient (Wildman–Crippen LogP) is 2.11. The molecule has 1 aromatic rings. The van der Waals surface area contributed by atoms with E-state index in [2.05, 4.69) is 32.8 Å². The molecule has 1 unspecified atom stereocenters. The number of carbonyl (C=O) groups is 1. The zero-order valence-electron chi connectivity index (χ0n) is 13.1. The molecule has 1 atom stereocenters. The summed E-state index contributed by atoms with van der Waals surface area (Å²) in [6.45, 7) is 4.65. The number of carbonyl (C=O) groups excluding carboxylic acids is 1. The molecule has 6 nitrogen and oxygen atoms in total. The molecule has 1 aliphatic carbocycles. The molecule has 1 aromatic heterocycles. The van der Waals surface area contributed by atoms with Crippen molar-refractivity contribution in [1.82, 2.24) is 15.3 Å². The maximum absolute atomic E-state index is 11.7. The second-order valence-electron chi connectivity index (χ2n) is 5.57. The number of nitrogens with one attached hydrogen (secondary N) is 3. The van der Waals surface area contributed by atoms with Crippen molar-refractivity contribution in [3.05, 3.63) is 11.9 Å². The molecule has 0 aromatic carbocycles. The van der Waals surface area contributed by atoms with Gasteiger partial charge in [-0.05, 0) is 26.2 Å². The topological polar surface area (TPSA) is 78.9 Å². The maximum atomic E-state index is 11.7. The summed E-state index contributed by atoms with van der Waals surface area (Å²) in [5.41, 5.74) is 0. The number of hydrogen-bond acceptors (Lipinski definition) is 5. The fourth-order valence-electron chi connectivity index (χ4n) is 1.96. The third-order valence-corrected chi connectivity index (χ3v) is 3.62. The second kappa shape index (κ2) is 7.24. The van der Waals surface area contributed by atoms with Gasteiger partial charge >= 0.3 is 0 Å². The lowest BCUT2D eigenvalue weighted by Crippen LogP contribution is -2.33. The van der Waals surface area contributed by atoms with Crippen LogP contribution in [0, 0.1) is 0 Å². The summed E-state index contributed by atoms with van der Waals surface area (Å²) in [5.74, 6) is 3.08. The first-order valence-electron chi connectivity index (χ1n) is 7.72. The molecule has 0 aliphatic heterocycles. The quantitative estimate of drug-likeness (QED) is 0.683. The molecule has 0 bridgehead atoms. The minimum Gasteiger partial charge on any atom is -0.373 e. The number of nitrogens with zero attached hydrogens (tertiary/aromatic N) is 2. The van der Waals surface area contributed by atoms with Crippen molar-refractivity contribution in [2.75, 3.05) is 24.2 Å². The van der Waals surface area contributed by atoms with Crippen molar-refractivity contribution in [3.8, 4) is 0 Å². The van der Waals surface area contributed by atoms with Crippen molar-refractivity contribution >= 4 is 17.5 Å². The number of anilines is 2. The summed E-state index contributed by atoms with van der Waals surface area (Å²) in [6.07, 6.45) is 3.73. The van der Waals surface area contributed by atoms with Gasteiger partial charge in [0.15, 0.2) is 0 Å². The molecule has 1 heterocycles. The van der Waals surface area contributed by atoms with E-state index in [0.29, 0.717) is 18.9 Å². The number of amides is 1. The molecule has 1 amide bonds. The number of hydrogen-bond donors (Lipinski definition) is 3. The monoisotopic (exact) mass is 291 g/mol. The first-order valence-corrected chi connectivity index (χ1v) is 7.72. The van der Waals surface area contributed by atoms with Crippen LogP contribution in [-0.4, -0.2) is 35.5 Å². The van der Waals surface area contributed by atoms with Crippen molar-refractivity contribution in [2.45, 2.75) is 51.5 Å². The summed E-state index contributed by atoms with van der Waals surface area (Å²) >= 11 is 0. The van der Waals surface area contributed by atoms with Gasteiger partial charge in [-0.25, -0.2) is 9.97 Å². The van der Waals surface area contributed by atoms with E-state index in [1.165, 1.54) is 12.8 Å². The molecular formula is C15H25N5O. The molecule has 3 N–H and O–H groups in total. The first kappa shape index (κ1) is 15.5. The zero-order valence-corrected chi connectivity index (χ0v) is 13.1. The molecular weight excluding hydrogens is 266 g/mol. The zero-order chi connectivity index (χ0) is 15.2. The Morgan fingerprint density at radius 1 is 1.38 bits per heavy atom. The van der Waals surface area contributed by atoms with Crippen molar-refractivity contribution in [3.63, 3.8) is 0 Å². The van der Waals surface area contributed by atoms with E-state index in [1.54, 1.807) is 0 Å². The summed E-state index contributed by atoms with van der Waals surface area (Å²) in [4.78, 5) is 20.7. The van der Waals surface area contributed by atoms with Gasteiger partial charge < -0.3 is 16.0 Å². The summed E-state index contributed by atoms with van der Waals surface area (Å²) in [6, 6.07) is 2.10. The lowest BCUT2D eigenvalue weighted by atomic mass is 10.2. The van der Waals surface area contributed by atoms with Crippen molar-refractivity contribution < 1.29 is 4.79 Å². The van der Waals surface area contributed by atoms with Crippen LogP contribution in [0.2, 0.25) is 0 Å². The van der Waals surface area contributed by atoms with E-state index >= 15 is 0 Å². The molecule has 1 fully saturated rings. The maximum Gasteiger partial charge on any atom is 0.221 e. The van der Waals surface area contributed by atoms with Crippen LogP contribution in [0.3, 0.4) is 0 Å². The molecule has 1 aliphatic rings. The van der Waals surface area contributed by atoms with Gasteiger partial charge in [0, 0.05) is 38.0 Å². The molecule has 0 saturated heterocycles. The molecule has 2 rings (SSSR count). The molecule has 0 spiro atoms. The highest BCUT2D eigenvalue weighted by molar-refractivity contribution is 5.76. The summed E-state index contributed by atoms with van der Waals surface area (Å²) < 4.78 is 0. The molecule has 21 heavy (non-hydrogen) atoms. The standard InChI is InChI=1S/C15H25N5O/c1-4-10(2)18-14(21)7-8-17-13-9-12(16-3)19-15(20-13)11-5-6-11/h9-11H,4-8H2,1-3H3,(H,18,21)(H2,16,17,19,20). The predicted molar refractivity (Wildman–Crippen MR) is 84.6 cm³/mol. The number of rotatable bonds is 8. The Morgan fingerprint density at radius 2 is 2.10 bits per heavy atom. The van der Waals surface area contributed by atoms with E-state index in [1.807, 2.05) is 20.0 Å². The first-order chi connectivity index (χ1) is 10.1. The smallest absolute Gasteiger partial charge is 0.221 e. The van der Waals surface area contributed by atoms with Gasteiger partial charge in [-0.3, -0.25) is 4.79 Å². The van der Waals surface area contributed by atoms with E-state index in [0.717, 1.165) is 23.9 Å². The van der Waals surface area contributed by atoms with Gasteiger partial charge in [0.1, 0.15) is 17.5 Å². The van der Waals surface area contributed by atoms with Crippen LogP contribution in [0.15, 0.2) is 6.07 Å². The minimum absolute atomic E-state index is 0.0714. The van der Waals surface area contributed by atoms with Gasteiger partial charge in [-0.2, -0.15) is 0 Å². The molecule has 116 valence electrons. The van der Waals surface area contributed by atoms with Gasteiger partial charge in [0.25, 0.3) is 0 Å². The van der Waals surface area contributed by atoms with Crippen LogP contribution in [0.4, 0.5) is 11.6 Å². The highest BCUT2D eigenvalue weighted by Gasteiger charge is 2.27. The fraction of sp³-hybridized carbons (Fsp3) is 0.667. The van der Waals surface area contributed by atoms with Crippen molar-refractivity contribution in [2.24, 2.45) is 0 Å². The van der Waals surface area contributed by atoms with E-state index < -0.39 is 0 Å².